The van der Waals surface area contributed by atoms with E-state index in [1.807, 2.05) is 39.8 Å². The summed E-state index contributed by atoms with van der Waals surface area (Å²) in [5, 5.41) is 4.27. The van der Waals surface area contributed by atoms with E-state index in [-0.39, 0.29) is 30.0 Å². The van der Waals surface area contributed by atoms with Crippen LogP contribution in [0.25, 0.3) is 21.3 Å². The van der Waals surface area contributed by atoms with Crippen molar-refractivity contribution in [2.75, 3.05) is 0 Å². The molecule has 2 aromatic carbocycles. The van der Waals surface area contributed by atoms with Crippen LogP contribution >= 0.6 is 0 Å². The Morgan fingerprint density at radius 3 is 2.18 bits per heavy atom. The molecule has 8 heteroatoms. The molecule has 0 N–H and O–H groups in total. The summed E-state index contributed by atoms with van der Waals surface area (Å²) in [4.78, 5) is 16.0. The number of ketones is 1. The molecule has 0 radical (unpaired) electrons. The van der Waals surface area contributed by atoms with Crippen LogP contribution in [0, 0.1) is 0 Å². The molecule has 1 atom stereocenters. The SMILES string of the molecule is CC(C)c1cc(C(C)C)c(S(=O)(=O)n2cc3c4c(cccc42)C(=O)C(N=[N+]=[N-])C3)c(C(C)C)c1. The average molecular weight is 479 g/mol. The summed E-state index contributed by atoms with van der Waals surface area (Å²) in [6.07, 6.45) is 1.78. The third-order valence-electron chi connectivity index (χ3n) is 6.64. The molecular weight excluding hydrogens is 448 g/mol. The maximum atomic E-state index is 14.3. The summed E-state index contributed by atoms with van der Waals surface area (Å²) in [5.41, 5.74) is 13.2. The van der Waals surface area contributed by atoms with Gasteiger partial charge in [-0.05, 0) is 58.0 Å². The van der Waals surface area contributed by atoms with Gasteiger partial charge in [0.2, 0.25) is 0 Å². The number of azide groups is 1. The Hall–Kier alpha value is -3.09. The van der Waals surface area contributed by atoms with Crippen molar-refractivity contribution in [3.63, 3.8) is 0 Å². The Kier molecular flexibility index (Phi) is 6.08. The fourth-order valence-electron chi connectivity index (χ4n) is 4.82. The first-order chi connectivity index (χ1) is 16.0. The topological polar surface area (TPSA) is 105 Å². The van der Waals surface area contributed by atoms with E-state index in [2.05, 4.69) is 23.9 Å². The molecule has 1 aromatic heterocycles. The van der Waals surface area contributed by atoms with Crippen LogP contribution in [-0.2, 0) is 16.4 Å². The van der Waals surface area contributed by atoms with Gasteiger partial charge in [-0.15, -0.1) is 0 Å². The molecule has 1 aliphatic carbocycles. The molecule has 4 rings (SSSR count). The zero-order valence-electron chi connectivity index (χ0n) is 20.4. The minimum atomic E-state index is -3.98. The van der Waals surface area contributed by atoms with Gasteiger partial charge in [0.05, 0.1) is 10.4 Å². The zero-order valence-corrected chi connectivity index (χ0v) is 21.2. The number of rotatable bonds is 6. The first-order valence-electron chi connectivity index (χ1n) is 11.6. The van der Waals surface area contributed by atoms with E-state index in [9.17, 15) is 13.2 Å². The normalized spacial score (nSPS) is 16.0. The van der Waals surface area contributed by atoms with Crippen molar-refractivity contribution >= 4 is 26.7 Å². The van der Waals surface area contributed by atoms with Gasteiger partial charge in [-0.2, -0.15) is 0 Å². The fraction of sp³-hybridized carbons (Fsp3) is 0.423. The smallest absolute Gasteiger partial charge is 0.268 e. The van der Waals surface area contributed by atoms with E-state index in [0.29, 0.717) is 26.9 Å². The molecule has 0 fully saturated rings. The number of Topliss-reactive ketones (excluding diaryl/α,β-unsaturated/α-hetero) is 1. The van der Waals surface area contributed by atoms with Crippen LogP contribution in [0.2, 0.25) is 0 Å². The highest BCUT2D eigenvalue weighted by molar-refractivity contribution is 7.90. The molecule has 1 unspecified atom stereocenters. The minimum Gasteiger partial charge on any atom is -0.294 e. The summed E-state index contributed by atoms with van der Waals surface area (Å²) >= 11 is 0. The van der Waals surface area contributed by atoms with Gasteiger partial charge < -0.3 is 0 Å². The molecule has 178 valence electrons. The molecule has 1 aliphatic rings. The van der Waals surface area contributed by atoms with Crippen molar-refractivity contribution in [3.8, 4) is 0 Å². The number of hydrogen-bond acceptors (Lipinski definition) is 4. The minimum absolute atomic E-state index is 0.00411. The molecule has 0 bridgehead atoms. The Morgan fingerprint density at radius 2 is 1.65 bits per heavy atom. The second-order valence-electron chi connectivity index (χ2n) is 9.94. The number of nitrogens with zero attached hydrogens (tertiary/aromatic N) is 4. The van der Waals surface area contributed by atoms with Gasteiger partial charge >= 0.3 is 0 Å². The van der Waals surface area contributed by atoms with Crippen LogP contribution in [0.4, 0.5) is 0 Å². The molecule has 0 saturated heterocycles. The van der Waals surface area contributed by atoms with E-state index >= 15 is 0 Å². The maximum Gasteiger partial charge on any atom is 0.268 e. The van der Waals surface area contributed by atoms with Crippen molar-refractivity contribution in [2.45, 2.75) is 76.7 Å². The van der Waals surface area contributed by atoms with E-state index in [4.69, 9.17) is 5.53 Å². The number of carbonyl (C=O) groups is 1. The van der Waals surface area contributed by atoms with Crippen LogP contribution in [0.1, 0.15) is 91.9 Å². The van der Waals surface area contributed by atoms with E-state index in [1.54, 1.807) is 24.4 Å². The van der Waals surface area contributed by atoms with Crippen LogP contribution in [-0.4, -0.2) is 24.2 Å². The average Bonchev–Trinajstić information content (AvgIpc) is 3.16. The van der Waals surface area contributed by atoms with Gasteiger partial charge in [0.25, 0.3) is 10.0 Å². The van der Waals surface area contributed by atoms with Crippen molar-refractivity contribution in [1.82, 2.24) is 3.97 Å². The Balaban J connectivity index is 2.05. The van der Waals surface area contributed by atoms with E-state index in [0.717, 1.165) is 16.7 Å². The highest BCUT2D eigenvalue weighted by Crippen LogP contribution is 2.39. The van der Waals surface area contributed by atoms with Crippen LogP contribution in [0.5, 0.6) is 0 Å². The lowest BCUT2D eigenvalue weighted by atomic mass is 9.89. The van der Waals surface area contributed by atoms with Gasteiger partial charge in [0, 0.05) is 22.1 Å². The molecule has 7 nitrogen and oxygen atoms in total. The highest BCUT2D eigenvalue weighted by Gasteiger charge is 2.34. The molecular formula is C26H30N4O3S. The monoisotopic (exact) mass is 478 g/mol. The lowest BCUT2D eigenvalue weighted by Crippen LogP contribution is -2.24. The molecule has 0 saturated carbocycles. The first kappa shape index (κ1) is 24.0. The predicted octanol–water partition coefficient (Wildman–Crippen LogP) is 6.67. The molecule has 1 heterocycles. The maximum absolute atomic E-state index is 14.3. The summed E-state index contributed by atoms with van der Waals surface area (Å²) in [7, 11) is -3.98. The third-order valence-corrected chi connectivity index (χ3v) is 8.45. The summed E-state index contributed by atoms with van der Waals surface area (Å²) in [6.45, 7) is 12.3. The first-order valence-corrected chi connectivity index (χ1v) is 13.1. The standard InChI is InChI=1S/C26H30N4O3S/c1-14(2)17-10-20(15(3)4)26(21(11-17)16(5)6)34(32,33)30-13-18-12-22(28-29-27)25(31)19-8-7-9-23(30)24(18)19/h7-11,13-16,22H,12H2,1-6H3. The van der Waals surface area contributed by atoms with Gasteiger partial charge in [-0.3, -0.25) is 4.79 Å². The van der Waals surface area contributed by atoms with Crippen molar-refractivity contribution in [3.05, 3.63) is 74.8 Å². The second kappa shape index (κ2) is 8.60. The van der Waals surface area contributed by atoms with Crippen LogP contribution in [0.15, 0.2) is 46.5 Å². The van der Waals surface area contributed by atoms with Gasteiger partial charge in [0.1, 0.15) is 6.04 Å². The Morgan fingerprint density at radius 1 is 1.03 bits per heavy atom. The molecule has 3 aromatic rings. The van der Waals surface area contributed by atoms with Gasteiger partial charge in [0.15, 0.2) is 5.78 Å². The molecule has 0 amide bonds. The number of carbonyl (C=O) groups excluding carboxylic acids is 1. The summed E-state index contributed by atoms with van der Waals surface area (Å²) < 4.78 is 30.0. The number of hydrogen-bond donors (Lipinski definition) is 0. The van der Waals surface area contributed by atoms with Crippen LogP contribution in [0.3, 0.4) is 0 Å². The van der Waals surface area contributed by atoms with Crippen LogP contribution < -0.4 is 0 Å². The molecule has 0 aliphatic heterocycles. The fourth-order valence-corrected chi connectivity index (χ4v) is 6.88. The summed E-state index contributed by atoms with van der Waals surface area (Å²) in [6, 6.07) is 8.24. The van der Waals surface area contributed by atoms with E-state index < -0.39 is 16.1 Å². The largest absolute Gasteiger partial charge is 0.294 e. The number of benzene rings is 2. The van der Waals surface area contributed by atoms with Gasteiger partial charge in [-0.25, -0.2) is 12.4 Å². The lowest BCUT2D eigenvalue weighted by molar-refractivity contribution is 0.0960. The van der Waals surface area contributed by atoms with E-state index in [1.165, 1.54) is 3.97 Å². The van der Waals surface area contributed by atoms with Crippen molar-refractivity contribution < 1.29 is 13.2 Å². The van der Waals surface area contributed by atoms with Crippen molar-refractivity contribution in [2.24, 2.45) is 5.11 Å². The van der Waals surface area contributed by atoms with Gasteiger partial charge in [-0.1, -0.05) is 70.9 Å². The quantitative estimate of drug-likeness (QED) is 0.224. The summed E-state index contributed by atoms with van der Waals surface area (Å²) in [5.74, 6) is -0.00183. The Labute approximate surface area is 200 Å². The zero-order chi connectivity index (χ0) is 24.9. The molecule has 0 spiro atoms. The van der Waals surface area contributed by atoms with Crippen molar-refractivity contribution in [1.29, 1.82) is 0 Å². The highest BCUT2D eigenvalue weighted by atomic mass is 32.2. The second-order valence-corrected chi connectivity index (χ2v) is 11.7. The Bertz CT molecular complexity index is 1430. The lowest BCUT2D eigenvalue weighted by Gasteiger charge is -2.23. The number of aromatic nitrogens is 1. The molecule has 34 heavy (non-hydrogen) atoms. The third kappa shape index (κ3) is 3.71. The predicted molar refractivity (Wildman–Crippen MR) is 134 cm³/mol.